The number of hydrogen-bond donors (Lipinski definition) is 0. The topological polar surface area (TPSA) is 35.5 Å². The van der Waals surface area contributed by atoms with Crippen LogP contribution in [-0.2, 0) is 4.57 Å². The number of benzene rings is 1. The van der Waals surface area contributed by atoms with Crippen LogP contribution in [0.1, 0.15) is 23.7 Å². The molecule has 1 aromatic rings. The summed E-state index contributed by atoms with van der Waals surface area (Å²) in [7, 11) is 0.985. The van der Waals surface area contributed by atoms with Gasteiger partial charge in [0.1, 0.15) is 7.14 Å². The molecule has 0 amide bonds. The molecule has 0 aromatic heterocycles. The van der Waals surface area contributed by atoms with E-state index >= 15 is 0 Å². The quantitative estimate of drug-likeness (QED) is 0.752. The van der Waals surface area contributed by atoms with E-state index in [1.165, 1.54) is 0 Å². The van der Waals surface area contributed by atoms with E-state index in [1.54, 1.807) is 14.2 Å². The van der Waals surface area contributed by atoms with Crippen molar-refractivity contribution in [1.29, 1.82) is 0 Å². The Morgan fingerprint density at radius 3 is 2.35 bits per heavy atom. The number of ether oxygens (including phenoxy) is 2. The van der Waals surface area contributed by atoms with Crippen molar-refractivity contribution >= 4 is 13.2 Å². The number of rotatable bonds is 2. The van der Waals surface area contributed by atoms with Gasteiger partial charge in [0.15, 0.2) is 11.5 Å². The number of fused-ring (bicyclic) bond motifs is 1. The van der Waals surface area contributed by atoms with Gasteiger partial charge in [0.2, 0.25) is 0 Å². The van der Waals surface area contributed by atoms with Crippen LogP contribution in [0, 0.1) is 0 Å². The van der Waals surface area contributed by atoms with Crippen LogP contribution in [0.3, 0.4) is 0 Å². The molecule has 1 aliphatic rings. The molecule has 0 saturated carbocycles. The van der Waals surface area contributed by atoms with Gasteiger partial charge in [-0.2, -0.15) is 0 Å². The smallest absolute Gasteiger partial charge is 0.161 e. The van der Waals surface area contributed by atoms with Crippen LogP contribution in [0.2, 0.25) is 0 Å². The summed E-state index contributed by atoms with van der Waals surface area (Å²) < 4.78 is 22.9. The predicted molar refractivity (Wildman–Crippen MR) is 70.5 cm³/mol. The van der Waals surface area contributed by atoms with E-state index in [-0.39, 0.29) is 5.66 Å². The van der Waals surface area contributed by atoms with Crippen LogP contribution < -0.4 is 9.47 Å². The Kier molecular flexibility index (Phi) is 3.05. The summed E-state index contributed by atoms with van der Waals surface area (Å²) in [6.45, 7) is 3.81. The second-order valence-corrected chi connectivity index (χ2v) is 7.58. The first-order valence-electron chi connectivity index (χ1n) is 5.51. The molecule has 0 saturated heterocycles. The Balaban J connectivity index is 2.61. The summed E-state index contributed by atoms with van der Waals surface area (Å²) in [6, 6.07) is 3.86. The van der Waals surface area contributed by atoms with Gasteiger partial charge in [-0.25, -0.2) is 0 Å². The van der Waals surface area contributed by atoms with Crippen molar-refractivity contribution in [1.82, 2.24) is 0 Å². The normalized spacial score (nSPS) is 26.5. The van der Waals surface area contributed by atoms with Crippen molar-refractivity contribution in [3.63, 3.8) is 0 Å². The fraction of sp³-hybridized carbons (Fsp3) is 0.385. The first-order valence-corrected chi connectivity index (χ1v) is 7.81. The van der Waals surface area contributed by atoms with Gasteiger partial charge >= 0.3 is 0 Å². The summed E-state index contributed by atoms with van der Waals surface area (Å²) in [6.07, 6.45) is 1.91. The lowest BCUT2D eigenvalue weighted by Gasteiger charge is -2.25. The molecule has 0 spiro atoms. The van der Waals surface area contributed by atoms with Crippen molar-refractivity contribution in [3.05, 3.63) is 29.1 Å². The molecule has 1 aromatic carbocycles. The molecule has 1 heterocycles. The van der Waals surface area contributed by atoms with E-state index in [0.717, 1.165) is 11.1 Å². The maximum Gasteiger partial charge on any atom is 0.161 e. The average molecular weight is 252 g/mol. The molecular weight excluding hydrogens is 235 g/mol. The highest BCUT2D eigenvalue weighted by Crippen LogP contribution is 2.61. The first-order chi connectivity index (χ1) is 7.99. The van der Waals surface area contributed by atoms with Crippen molar-refractivity contribution in [2.24, 2.45) is 0 Å². The number of methoxy groups -OCH3 is 2. The second kappa shape index (κ2) is 4.23. The van der Waals surface area contributed by atoms with Crippen molar-refractivity contribution < 1.29 is 14.0 Å². The third-order valence-electron chi connectivity index (χ3n) is 3.36. The second-order valence-electron chi connectivity index (χ2n) is 4.39. The van der Waals surface area contributed by atoms with Crippen LogP contribution >= 0.6 is 7.14 Å². The van der Waals surface area contributed by atoms with Crippen LogP contribution in [0.15, 0.2) is 17.9 Å². The van der Waals surface area contributed by atoms with E-state index < -0.39 is 7.14 Å². The maximum absolute atomic E-state index is 12.3. The fourth-order valence-electron chi connectivity index (χ4n) is 2.05. The molecular formula is C13H17O3P. The molecule has 92 valence electrons. The molecule has 2 atom stereocenters. The zero-order chi connectivity index (χ0) is 12.6. The van der Waals surface area contributed by atoms with E-state index in [2.05, 4.69) is 0 Å². The Labute approximate surface area is 102 Å². The summed E-state index contributed by atoms with van der Waals surface area (Å²) in [5, 5.41) is 0. The Bertz CT molecular complexity index is 520. The van der Waals surface area contributed by atoms with Crippen molar-refractivity contribution in [2.45, 2.75) is 12.6 Å². The highest BCUT2D eigenvalue weighted by atomic mass is 31.2. The molecule has 2 rings (SSSR count). The van der Waals surface area contributed by atoms with Gasteiger partial charge < -0.3 is 14.0 Å². The molecule has 0 N–H and O–H groups in total. The predicted octanol–water partition coefficient (Wildman–Crippen LogP) is 3.74. The van der Waals surface area contributed by atoms with Crippen molar-refractivity contribution in [3.8, 4) is 11.5 Å². The zero-order valence-corrected chi connectivity index (χ0v) is 11.5. The molecule has 0 radical (unpaired) electrons. The Morgan fingerprint density at radius 1 is 1.18 bits per heavy atom. The molecule has 0 aliphatic carbocycles. The zero-order valence-electron chi connectivity index (χ0n) is 10.6. The third kappa shape index (κ3) is 2.00. The largest absolute Gasteiger partial charge is 0.493 e. The highest BCUT2D eigenvalue weighted by Gasteiger charge is 2.29. The summed E-state index contributed by atoms with van der Waals surface area (Å²) in [4.78, 5) is 0. The van der Waals surface area contributed by atoms with Gasteiger partial charge in [-0.15, -0.1) is 0 Å². The van der Waals surface area contributed by atoms with Gasteiger partial charge in [-0.1, -0.05) is 13.0 Å². The monoisotopic (exact) mass is 252 g/mol. The minimum Gasteiger partial charge on any atom is -0.493 e. The summed E-state index contributed by atoms with van der Waals surface area (Å²) >= 11 is 0. The lowest BCUT2D eigenvalue weighted by molar-refractivity contribution is 0.354. The van der Waals surface area contributed by atoms with Gasteiger partial charge in [-0.05, 0) is 35.7 Å². The summed E-state index contributed by atoms with van der Waals surface area (Å²) in [5.41, 5.74) is 2.15. The van der Waals surface area contributed by atoms with Gasteiger partial charge in [0, 0.05) is 5.66 Å². The summed E-state index contributed by atoms with van der Waals surface area (Å²) in [5.74, 6) is 3.22. The molecule has 3 nitrogen and oxygen atoms in total. The van der Waals surface area contributed by atoms with Crippen LogP contribution in [0.5, 0.6) is 11.5 Å². The molecule has 0 fully saturated rings. The minimum absolute atomic E-state index is 0.0299. The van der Waals surface area contributed by atoms with Gasteiger partial charge in [0.25, 0.3) is 0 Å². The minimum atomic E-state index is -2.24. The molecule has 17 heavy (non-hydrogen) atoms. The van der Waals surface area contributed by atoms with Gasteiger partial charge in [0.05, 0.1) is 14.2 Å². The lowest BCUT2D eigenvalue weighted by Crippen LogP contribution is -2.02. The third-order valence-corrected chi connectivity index (χ3v) is 5.92. The standard InChI is InChI=1S/C13H17O3P/c1-9-11-8-13(16-3)12(15-2)7-10(11)5-6-17(9,4)14/h5-9H,1-4H3/t9-,17+/m0/s1. The Morgan fingerprint density at radius 2 is 1.76 bits per heavy atom. The maximum atomic E-state index is 12.3. The van der Waals surface area contributed by atoms with Crippen molar-refractivity contribution in [2.75, 3.05) is 20.9 Å². The van der Waals surface area contributed by atoms with Crippen LogP contribution in [0.25, 0.3) is 6.08 Å². The first kappa shape index (κ1) is 12.3. The molecule has 0 unspecified atom stereocenters. The molecule has 1 aliphatic heterocycles. The van der Waals surface area contributed by atoms with E-state index in [0.29, 0.717) is 11.5 Å². The SMILES string of the molecule is COc1cc2c(cc1OC)[C@H](C)[P@](C)(=O)C=C2. The highest BCUT2D eigenvalue weighted by molar-refractivity contribution is 7.66. The van der Waals surface area contributed by atoms with E-state index in [1.807, 2.05) is 37.6 Å². The van der Waals surface area contributed by atoms with E-state index in [4.69, 9.17) is 9.47 Å². The fourth-order valence-corrected chi connectivity index (χ4v) is 3.54. The molecule has 0 bridgehead atoms. The lowest BCUT2D eigenvalue weighted by atomic mass is 10.0. The number of hydrogen-bond acceptors (Lipinski definition) is 3. The van der Waals surface area contributed by atoms with Crippen LogP contribution in [0.4, 0.5) is 0 Å². The average Bonchev–Trinajstić information content (AvgIpc) is 2.33. The van der Waals surface area contributed by atoms with Crippen LogP contribution in [-0.4, -0.2) is 20.9 Å². The Hall–Kier alpha value is -1.21. The van der Waals surface area contributed by atoms with Gasteiger partial charge in [-0.3, -0.25) is 0 Å². The molecule has 4 heteroatoms. The van der Waals surface area contributed by atoms with E-state index in [9.17, 15) is 4.57 Å².